The lowest BCUT2D eigenvalue weighted by atomic mass is 9.92. The quantitative estimate of drug-likeness (QED) is 0.0926. The highest BCUT2D eigenvalue weighted by Crippen LogP contribution is 2.51. The highest BCUT2D eigenvalue weighted by molar-refractivity contribution is 7.62. The molecule has 1 aliphatic heterocycles. The summed E-state index contributed by atoms with van der Waals surface area (Å²) >= 11 is 0. The van der Waals surface area contributed by atoms with Crippen molar-refractivity contribution in [2.45, 2.75) is 52.9 Å². The van der Waals surface area contributed by atoms with E-state index in [4.69, 9.17) is 27.6 Å². The molecule has 0 saturated carbocycles. The Balaban J connectivity index is 1.72. The van der Waals surface area contributed by atoms with Crippen LogP contribution < -0.4 is 20.1 Å². The van der Waals surface area contributed by atoms with E-state index < -0.39 is 27.3 Å². The number of hydrogen-bond acceptors (Lipinski definition) is 9. The lowest BCUT2D eigenvalue weighted by molar-refractivity contribution is 0.181. The highest BCUT2D eigenvalue weighted by atomic mass is 31.2. The van der Waals surface area contributed by atoms with Gasteiger partial charge in [-0.15, -0.1) is 0 Å². The summed E-state index contributed by atoms with van der Waals surface area (Å²) in [5, 5.41) is 0.785. The minimum atomic E-state index is -3.68. The van der Waals surface area contributed by atoms with Crippen LogP contribution >= 0.6 is 15.2 Å². The lowest BCUT2D eigenvalue weighted by Gasteiger charge is -2.30. The SMILES string of the molecule is CCOP(=O)(OCC)c1cccc(C2[C@@H](c3cccc(P(=O)(OCC)OCC)c3)N(Cc3ccc(OC)cc3)C(=O)N2Cc2ccc(OC)cc2)c1. The summed E-state index contributed by atoms with van der Waals surface area (Å²) < 4.78 is 61.8. The Hall–Kier alpha value is -3.95. The van der Waals surface area contributed by atoms with E-state index in [2.05, 4.69) is 0 Å². The second kappa shape index (κ2) is 17.7. The second-order valence-corrected chi connectivity index (χ2v) is 16.0. The zero-order valence-electron chi connectivity index (χ0n) is 30.6. The average molecular weight is 751 g/mol. The molecule has 0 N–H and O–H groups in total. The van der Waals surface area contributed by atoms with E-state index in [-0.39, 0.29) is 45.5 Å². The molecule has 1 unspecified atom stereocenters. The third-order valence-corrected chi connectivity index (χ3v) is 13.0. The fourth-order valence-electron chi connectivity index (χ4n) is 6.47. The van der Waals surface area contributed by atoms with Gasteiger partial charge in [-0.1, -0.05) is 48.5 Å². The molecular formula is C39H48N2O9P2. The summed E-state index contributed by atoms with van der Waals surface area (Å²) in [7, 11) is -4.14. The number of benzene rings is 4. The maximum Gasteiger partial charge on any atom is 0.361 e. The van der Waals surface area contributed by atoms with Crippen LogP contribution in [-0.4, -0.2) is 56.5 Å². The molecule has 4 aromatic carbocycles. The van der Waals surface area contributed by atoms with Crippen molar-refractivity contribution < 1.29 is 41.5 Å². The second-order valence-electron chi connectivity index (χ2n) is 12.0. The Bertz CT molecular complexity index is 1730. The molecule has 13 heteroatoms. The molecule has 1 heterocycles. The van der Waals surface area contributed by atoms with Gasteiger partial charge in [0.05, 0.1) is 63.3 Å². The maximum atomic E-state index is 14.9. The molecular weight excluding hydrogens is 702 g/mol. The Morgan fingerprint density at radius 1 is 0.538 bits per heavy atom. The van der Waals surface area contributed by atoms with E-state index in [1.54, 1.807) is 54.0 Å². The predicted molar refractivity (Wildman–Crippen MR) is 202 cm³/mol. The van der Waals surface area contributed by atoms with Gasteiger partial charge in [-0.3, -0.25) is 9.13 Å². The minimum absolute atomic E-state index is 0.192. The number of ether oxygens (including phenoxy) is 2. The Morgan fingerprint density at radius 3 is 1.19 bits per heavy atom. The summed E-state index contributed by atoms with van der Waals surface area (Å²) in [6.45, 7) is 8.37. The van der Waals surface area contributed by atoms with Gasteiger partial charge in [0.15, 0.2) is 0 Å². The molecule has 1 saturated heterocycles. The zero-order valence-corrected chi connectivity index (χ0v) is 32.4. The van der Waals surface area contributed by atoms with E-state index in [1.807, 2.05) is 94.7 Å². The first-order chi connectivity index (χ1) is 25.1. The van der Waals surface area contributed by atoms with Crippen LogP contribution in [0.3, 0.4) is 0 Å². The van der Waals surface area contributed by atoms with Crippen molar-refractivity contribution >= 4 is 31.8 Å². The number of methoxy groups -OCH3 is 2. The van der Waals surface area contributed by atoms with Gasteiger partial charge in [0, 0.05) is 13.1 Å². The average Bonchev–Trinajstić information content (AvgIpc) is 3.42. The molecule has 52 heavy (non-hydrogen) atoms. The minimum Gasteiger partial charge on any atom is -0.497 e. The highest BCUT2D eigenvalue weighted by Gasteiger charge is 2.48. The van der Waals surface area contributed by atoms with Crippen LogP contribution in [0.4, 0.5) is 4.79 Å². The summed E-state index contributed by atoms with van der Waals surface area (Å²) in [4.78, 5) is 18.5. The van der Waals surface area contributed by atoms with Crippen molar-refractivity contribution in [3.63, 3.8) is 0 Å². The molecule has 0 radical (unpaired) electrons. The number of carbonyl (C=O) groups is 1. The van der Waals surface area contributed by atoms with Crippen LogP contribution in [0.1, 0.15) is 62.0 Å². The molecule has 0 aliphatic carbocycles. The van der Waals surface area contributed by atoms with Crippen LogP contribution in [-0.2, 0) is 40.3 Å². The summed E-state index contributed by atoms with van der Waals surface area (Å²) in [6.07, 6.45) is 0. The van der Waals surface area contributed by atoms with Gasteiger partial charge >= 0.3 is 21.2 Å². The zero-order chi connectivity index (χ0) is 37.3. The van der Waals surface area contributed by atoms with Crippen LogP contribution in [0.15, 0.2) is 97.1 Å². The number of urea groups is 1. The van der Waals surface area contributed by atoms with E-state index in [0.717, 1.165) is 22.3 Å². The number of carbonyl (C=O) groups excluding carboxylic acids is 1. The number of rotatable bonds is 18. The fraction of sp³-hybridized carbons (Fsp3) is 0.359. The lowest BCUT2D eigenvalue weighted by Crippen LogP contribution is -2.32. The van der Waals surface area contributed by atoms with Gasteiger partial charge in [0.1, 0.15) is 11.5 Å². The maximum absolute atomic E-state index is 14.9. The largest absolute Gasteiger partial charge is 0.497 e. The first-order valence-electron chi connectivity index (χ1n) is 17.5. The molecule has 278 valence electrons. The van der Waals surface area contributed by atoms with Gasteiger partial charge in [-0.2, -0.15) is 0 Å². The first-order valence-corrected chi connectivity index (χ1v) is 20.5. The third kappa shape index (κ3) is 8.63. The number of nitrogens with zero attached hydrogens (tertiary/aromatic N) is 2. The number of hydrogen-bond donors (Lipinski definition) is 0. The van der Waals surface area contributed by atoms with Gasteiger partial charge in [-0.25, -0.2) is 4.79 Å². The summed E-state index contributed by atoms with van der Waals surface area (Å²) in [6, 6.07) is 28.3. The van der Waals surface area contributed by atoms with Crippen molar-refractivity contribution in [3.05, 3.63) is 119 Å². The van der Waals surface area contributed by atoms with Gasteiger partial charge in [-0.05, 0) is 98.5 Å². The van der Waals surface area contributed by atoms with Crippen molar-refractivity contribution in [3.8, 4) is 11.5 Å². The van der Waals surface area contributed by atoms with Crippen LogP contribution in [0.2, 0.25) is 0 Å². The monoisotopic (exact) mass is 750 g/mol. The van der Waals surface area contributed by atoms with E-state index in [1.165, 1.54) is 0 Å². The Labute approximate surface area is 306 Å². The molecule has 2 amide bonds. The van der Waals surface area contributed by atoms with Gasteiger partial charge in [0.2, 0.25) is 0 Å². The van der Waals surface area contributed by atoms with E-state index in [0.29, 0.717) is 22.1 Å². The first kappa shape index (κ1) is 39.3. The molecule has 0 aromatic heterocycles. The molecule has 2 atom stereocenters. The van der Waals surface area contributed by atoms with Crippen molar-refractivity contribution in [1.82, 2.24) is 9.80 Å². The van der Waals surface area contributed by atoms with E-state index in [9.17, 15) is 13.9 Å². The van der Waals surface area contributed by atoms with Crippen LogP contribution in [0.25, 0.3) is 0 Å². The smallest absolute Gasteiger partial charge is 0.361 e. The summed E-state index contributed by atoms with van der Waals surface area (Å²) in [5.41, 5.74) is 3.23. The van der Waals surface area contributed by atoms with Crippen LogP contribution in [0.5, 0.6) is 11.5 Å². The molecule has 1 fully saturated rings. The number of amides is 2. The topological polar surface area (TPSA) is 113 Å². The van der Waals surface area contributed by atoms with E-state index >= 15 is 0 Å². The van der Waals surface area contributed by atoms with Crippen molar-refractivity contribution in [2.75, 3.05) is 40.6 Å². The summed E-state index contributed by atoms with van der Waals surface area (Å²) in [5.74, 6) is 1.40. The van der Waals surface area contributed by atoms with Crippen molar-refractivity contribution in [1.29, 1.82) is 0 Å². The molecule has 1 aliphatic rings. The molecule has 0 spiro atoms. The van der Waals surface area contributed by atoms with Crippen molar-refractivity contribution in [2.24, 2.45) is 0 Å². The van der Waals surface area contributed by atoms with Gasteiger partial charge in [0.25, 0.3) is 0 Å². The Kier molecular flexibility index (Phi) is 13.4. The standard InChI is InChI=1S/C39H48N2O9P2/c1-7-47-51(43,48-8-2)35-15-11-13-31(25-35)37-38(32-14-12-16-36(26-32)52(44,49-9-3)50-10-4)41(28-30-19-23-34(46-6)24-20-30)39(42)40(37)27-29-17-21-33(45-5)22-18-29/h11-26,37-38H,7-10,27-28H2,1-6H3/t37-,38?/m1/s1. The molecule has 11 nitrogen and oxygen atoms in total. The third-order valence-electron chi connectivity index (χ3n) is 8.74. The predicted octanol–water partition coefficient (Wildman–Crippen LogP) is 8.41. The van der Waals surface area contributed by atoms with Crippen LogP contribution in [0, 0.1) is 0 Å². The molecule has 5 rings (SSSR count). The fourth-order valence-corrected chi connectivity index (χ4v) is 9.72. The molecule has 4 aromatic rings. The Morgan fingerprint density at radius 2 is 0.885 bits per heavy atom. The molecule has 0 bridgehead atoms. The normalized spacial score (nSPS) is 16.4. The van der Waals surface area contributed by atoms with Gasteiger partial charge < -0.3 is 37.4 Å².